The molecule has 0 aromatic carbocycles. The molecule has 1 rings (SSSR count). The fraction of sp³-hybridized carbons (Fsp3) is 0.400. The second-order valence-corrected chi connectivity index (χ2v) is 3.59. The van der Waals surface area contributed by atoms with Crippen molar-refractivity contribution in [2.45, 2.75) is 18.6 Å². The van der Waals surface area contributed by atoms with Crippen molar-refractivity contribution in [1.29, 1.82) is 5.26 Å². The smallest absolute Gasteiger partial charge is 0.106 e. The minimum Gasteiger partial charge on any atom is -0.390 e. The molecule has 0 saturated heterocycles. The average Bonchev–Trinajstić information content (AvgIpc) is 2.28. The van der Waals surface area contributed by atoms with Crippen molar-refractivity contribution in [1.82, 2.24) is 4.98 Å². The van der Waals surface area contributed by atoms with Crippen LogP contribution in [0.25, 0.3) is 0 Å². The lowest BCUT2D eigenvalue weighted by molar-refractivity contribution is 0.0170. The first-order chi connectivity index (χ1) is 7.19. The van der Waals surface area contributed by atoms with E-state index in [1.54, 1.807) is 0 Å². The van der Waals surface area contributed by atoms with Crippen LogP contribution in [0.5, 0.6) is 0 Å². The fourth-order valence-electron chi connectivity index (χ4n) is 1.19. The monoisotopic (exact) mass is 224 g/mol. The number of pyridine rings is 1. The Bertz CT molecular complexity index is 365. The Morgan fingerprint density at radius 3 is 2.80 bits per heavy atom. The minimum atomic E-state index is -1.02. The van der Waals surface area contributed by atoms with E-state index in [0.29, 0.717) is 23.3 Å². The lowest BCUT2D eigenvalue weighted by Gasteiger charge is -2.16. The first-order valence-corrected chi connectivity index (χ1v) is 5.14. The van der Waals surface area contributed by atoms with Crippen molar-refractivity contribution in [3.63, 3.8) is 0 Å². The number of aliphatic hydroxyl groups is 2. The van der Waals surface area contributed by atoms with Gasteiger partial charge in [-0.25, -0.2) is 0 Å². The van der Waals surface area contributed by atoms with E-state index in [4.69, 9.17) is 5.26 Å². The quantitative estimate of drug-likeness (QED) is 0.657. The predicted octanol–water partition coefficient (Wildman–Crippen LogP) is 0.667. The van der Waals surface area contributed by atoms with E-state index < -0.39 is 12.2 Å². The zero-order chi connectivity index (χ0) is 11.3. The van der Waals surface area contributed by atoms with Crippen LogP contribution < -0.4 is 0 Å². The van der Waals surface area contributed by atoms with Gasteiger partial charge in [0.25, 0.3) is 0 Å². The molecular formula is C10H12N2O2S. The van der Waals surface area contributed by atoms with E-state index in [1.807, 2.05) is 6.07 Å². The molecule has 4 nitrogen and oxygen atoms in total. The number of hydrogen-bond donors (Lipinski definition) is 3. The van der Waals surface area contributed by atoms with Gasteiger partial charge in [0.1, 0.15) is 12.2 Å². The van der Waals surface area contributed by atoms with E-state index in [-0.39, 0.29) is 0 Å². The number of hydrogen-bond acceptors (Lipinski definition) is 5. The molecule has 0 bridgehead atoms. The second-order valence-electron chi connectivity index (χ2n) is 3.14. The Balaban J connectivity index is 2.82. The summed E-state index contributed by atoms with van der Waals surface area (Å²) in [6.07, 6.45) is 1.34. The third-order valence-electron chi connectivity index (χ3n) is 2.02. The van der Waals surface area contributed by atoms with Gasteiger partial charge < -0.3 is 10.2 Å². The maximum atomic E-state index is 9.71. The lowest BCUT2D eigenvalue weighted by atomic mass is 10.0. The average molecular weight is 224 g/mol. The number of nitriles is 1. The van der Waals surface area contributed by atoms with E-state index in [1.165, 1.54) is 18.5 Å². The third-order valence-corrected chi connectivity index (χ3v) is 2.28. The fourth-order valence-corrected chi connectivity index (χ4v) is 1.46. The molecule has 2 unspecified atom stereocenters. The molecule has 2 atom stereocenters. The van der Waals surface area contributed by atoms with Gasteiger partial charge in [0.15, 0.2) is 0 Å². The Morgan fingerprint density at radius 1 is 1.47 bits per heavy atom. The molecule has 0 saturated carbocycles. The molecule has 0 spiro atoms. The van der Waals surface area contributed by atoms with Gasteiger partial charge in [0.2, 0.25) is 0 Å². The van der Waals surface area contributed by atoms with Gasteiger partial charge in [0.05, 0.1) is 11.7 Å². The van der Waals surface area contributed by atoms with Gasteiger partial charge in [-0.2, -0.15) is 17.9 Å². The van der Waals surface area contributed by atoms with E-state index >= 15 is 0 Å². The summed E-state index contributed by atoms with van der Waals surface area (Å²) in [6.45, 7) is 0. The number of nitrogens with zero attached hydrogens (tertiary/aromatic N) is 2. The molecule has 0 radical (unpaired) electrons. The SMILES string of the molecule is N#Cc1cncc(C(O)C(O)CCS)c1. The second kappa shape index (κ2) is 5.71. The summed E-state index contributed by atoms with van der Waals surface area (Å²) in [5.74, 6) is 0.490. The normalized spacial score (nSPS) is 14.3. The van der Waals surface area contributed by atoms with E-state index in [0.717, 1.165) is 0 Å². The van der Waals surface area contributed by atoms with Gasteiger partial charge in [-0.3, -0.25) is 4.98 Å². The summed E-state index contributed by atoms with van der Waals surface area (Å²) in [6, 6.07) is 3.44. The molecule has 2 N–H and O–H groups in total. The van der Waals surface area contributed by atoms with Crippen LogP contribution in [-0.2, 0) is 0 Å². The Hall–Kier alpha value is -1.09. The van der Waals surface area contributed by atoms with Gasteiger partial charge in [-0.1, -0.05) is 0 Å². The first-order valence-electron chi connectivity index (χ1n) is 4.51. The van der Waals surface area contributed by atoms with Crippen LogP contribution in [0, 0.1) is 11.3 Å². The zero-order valence-corrected chi connectivity index (χ0v) is 8.93. The van der Waals surface area contributed by atoms with Crippen LogP contribution in [-0.4, -0.2) is 27.1 Å². The molecule has 1 aromatic rings. The molecule has 0 aliphatic rings. The first kappa shape index (κ1) is 12.0. The number of aromatic nitrogens is 1. The molecule has 0 aliphatic heterocycles. The third kappa shape index (κ3) is 3.20. The molecule has 0 aliphatic carbocycles. The van der Waals surface area contributed by atoms with Crippen LogP contribution in [0.3, 0.4) is 0 Å². The number of thiol groups is 1. The molecule has 0 fully saturated rings. The van der Waals surface area contributed by atoms with Crippen molar-refractivity contribution >= 4 is 12.6 Å². The molecule has 0 amide bonds. The van der Waals surface area contributed by atoms with Crippen molar-refractivity contribution < 1.29 is 10.2 Å². The highest BCUT2D eigenvalue weighted by Gasteiger charge is 2.18. The summed E-state index contributed by atoms with van der Waals surface area (Å²) >= 11 is 3.97. The summed E-state index contributed by atoms with van der Waals surface area (Å²) in [5.41, 5.74) is 0.813. The number of aliphatic hydroxyl groups excluding tert-OH is 2. The highest BCUT2D eigenvalue weighted by molar-refractivity contribution is 7.80. The summed E-state index contributed by atoms with van der Waals surface area (Å²) < 4.78 is 0. The maximum absolute atomic E-state index is 9.71. The molecule has 80 valence electrons. The summed E-state index contributed by atoms with van der Waals surface area (Å²) in [5, 5.41) is 27.9. The van der Waals surface area contributed by atoms with Crippen molar-refractivity contribution in [3.05, 3.63) is 29.6 Å². The standard InChI is InChI=1S/C10H12N2O2S/c11-4-7-3-8(6-12-5-7)10(14)9(13)1-2-15/h3,5-6,9-10,13-15H,1-2H2. The van der Waals surface area contributed by atoms with Gasteiger partial charge in [-0.15, -0.1) is 0 Å². The van der Waals surface area contributed by atoms with Crippen molar-refractivity contribution in [2.75, 3.05) is 5.75 Å². The topological polar surface area (TPSA) is 77.1 Å². The van der Waals surface area contributed by atoms with E-state index in [2.05, 4.69) is 17.6 Å². The maximum Gasteiger partial charge on any atom is 0.106 e. The Morgan fingerprint density at radius 2 is 2.20 bits per heavy atom. The zero-order valence-electron chi connectivity index (χ0n) is 8.04. The highest BCUT2D eigenvalue weighted by atomic mass is 32.1. The molecule has 1 aromatic heterocycles. The summed E-state index contributed by atoms with van der Waals surface area (Å²) in [7, 11) is 0. The van der Waals surface area contributed by atoms with Crippen LogP contribution in [0.2, 0.25) is 0 Å². The minimum absolute atomic E-state index is 0.365. The Labute approximate surface area is 93.6 Å². The van der Waals surface area contributed by atoms with Gasteiger partial charge in [-0.05, 0) is 18.2 Å². The predicted molar refractivity (Wildman–Crippen MR) is 58.4 cm³/mol. The molecule has 15 heavy (non-hydrogen) atoms. The van der Waals surface area contributed by atoms with Crippen molar-refractivity contribution in [2.24, 2.45) is 0 Å². The summed E-state index contributed by atoms with van der Waals surface area (Å²) in [4.78, 5) is 3.81. The van der Waals surface area contributed by atoms with Crippen LogP contribution >= 0.6 is 12.6 Å². The molecular weight excluding hydrogens is 212 g/mol. The Kier molecular flexibility index (Phi) is 4.56. The van der Waals surface area contributed by atoms with Crippen molar-refractivity contribution in [3.8, 4) is 6.07 Å². The largest absolute Gasteiger partial charge is 0.390 e. The van der Waals surface area contributed by atoms with Crippen LogP contribution in [0.15, 0.2) is 18.5 Å². The lowest BCUT2D eigenvalue weighted by Crippen LogP contribution is -2.18. The number of rotatable bonds is 4. The van der Waals surface area contributed by atoms with Gasteiger partial charge >= 0.3 is 0 Å². The molecule has 1 heterocycles. The van der Waals surface area contributed by atoms with Crippen LogP contribution in [0.1, 0.15) is 23.7 Å². The molecule has 5 heteroatoms. The highest BCUT2D eigenvalue weighted by Crippen LogP contribution is 2.19. The van der Waals surface area contributed by atoms with E-state index in [9.17, 15) is 10.2 Å². The van der Waals surface area contributed by atoms with Crippen LogP contribution in [0.4, 0.5) is 0 Å². The van der Waals surface area contributed by atoms with Gasteiger partial charge in [0, 0.05) is 18.0 Å².